The van der Waals surface area contributed by atoms with E-state index in [1.165, 1.54) is 45.3 Å². The number of rotatable bonds is 3. The molecule has 1 heterocycles. The molecule has 2 heteroatoms. The maximum Gasteiger partial charge on any atom is 0.0334 e. The van der Waals surface area contributed by atoms with Gasteiger partial charge in [-0.2, -0.15) is 0 Å². The van der Waals surface area contributed by atoms with Gasteiger partial charge in [0.05, 0.1) is 0 Å². The zero-order chi connectivity index (χ0) is 10.5. The molecule has 15 heavy (non-hydrogen) atoms. The Morgan fingerprint density at radius 1 is 1.27 bits per heavy atom. The van der Waals surface area contributed by atoms with Crippen molar-refractivity contribution < 1.29 is 0 Å². The van der Waals surface area contributed by atoms with Gasteiger partial charge in [-0.05, 0) is 51.0 Å². The van der Waals surface area contributed by atoms with Gasteiger partial charge in [-0.15, -0.1) is 0 Å². The summed E-state index contributed by atoms with van der Waals surface area (Å²) >= 11 is 0. The second kappa shape index (κ2) is 3.46. The Labute approximate surface area is 93.4 Å². The topological polar surface area (TPSA) is 15.3 Å². The molecule has 2 saturated carbocycles. The predicted molar refractivity (Wildman–Crippen MR) is 62.9 cm³/mol. The fourth-order valence-corrected chi connectivity index (χ4v) is 3.37. The predicted octanol–water partition coefficient (Wildman–Crippen LogP) is 1.86. The number of hydrogen-bond acceptors (Lipinski definition) is 2. The molecule has 0 radical (unpaired) electrons. The molecular formula is C13H24N2. The fourth-order valence-electron chi connectivity index (χ4n) is 3.37. The molecule has 0 aromatic carbocycles. The molecule has 1 saturated heterocycles. The lowest BCUT2D eigenvalue weighted by molar-refractivity contribution is 0.0354. The molecule has 3 rings (SSSR count). The summed E-state index contributed by atoms with van der Waals surface area (Å²) in [5, 5.41) is 3.82. The van der Waals surface area contributed by atoms with Crippen molar-refractivity contribution >= 4 is 0 Å². The fraction of sp³-hybridized carbons (Fsp3) is 1.00. The van der Waals surface area contributed by atoms with Crippen molar-refractivity contribution in [1.82, 2.24) is 10.2 Å². The van der Waals surface area contributed by atoms with Gasteiger partial charge in [-0.1, -0.05) is 6.92 Å². The highest BCUT2D eigenvalue weighted by atomic mass is 15.3. The normalized spacial score (nSPS) is 43.2. The summed E-state index contributed by atoms with van der Waals surface area (Å²) in [6.07, 6.45) is 5.86. The second-order valence-electron chi connectivity index (χ2n) is 5.99. The summed E-state index contributed by atoms with van der Waals surface area (Å²) in [7, 11) is 0. The Morgan fingerprint density at radius 2 is 2.00 bits per heavy atom. The standard InChI is InChI=1S/C13H24N2/c1-3-15-8-12(10-4-5-10)14-9-13(15,2)11-6-7-11/h10-12,14H,3-9H2,1-2H3. The minimum atomic E-state index is 0.472. The van der Waals surface area contributed by atoms with Gasteiger partial charge in [0.15, 0.2) is 0 Å². The maximum atomic E-state index is 3.82. The molecule has 0 spiro atoms. The monoisotopic (exact) mass is 208 g/mol. The van der Waals surface area contributed by atoms with Crippen LogP contribution in [0.2, 0.25) is 0 Å². The molecule has 0 bridgehead atoms. The number of likely N-dealkylation sites (N-methyl/N-ethyl adjacent to an activating group) is 1. The third-order valence-corrected chi connectivity index (χ3v) is 4.89. The summed E-state index contributed by atoms with van der Waals surface area (Å²) < 4.78 is 0. The number of nitrogens with zero attached hydrogens (tertiary/aromatic N) is 1. The van der Waals surface area contributed by atoms with Crippen LogP contribution in [0.25, 0.3) is 0 Å². The van der Waals surface area contributed by atoms with Crippen LogP contribution in [-0.4, -0.2) is 36.1 Å². The van der Waals surface area contributed by atoms with E-state index in [1.54, 1.807) is 0 Å². The zero-order valence-electron chi connectivity index (χ0n) is 10.1. The average molecular weight is 208 g/mol. The zero-order valence-corrected chi connectivity index (χ0v) is 10.1. The lowest BCUT2D eigenvalue weighted by Gasteiger charge is -2.48. The number of nitrogens with one attached hydrogen (secondary N) is 1. The summed E-state index contributed by atoms with van der Waals surface area (Å²) in [4.78, 5) is 2.75. The summed E-state index contributed by atoms with van der Waals surface area (Å²) in [6, 6.07) is 0.803. The summed E-state index contributed by atoms with van der Waals surface area (Å²) in [6.45, 7) is 8.57. The number of piperazine rings is 1. The van der Waals surface area contributed by atoms with Gasteiger partial charge in [-0.25, -0.2) is 0 Å². The summed E-state index contributed by atoms with van der Waals surface area (Å²) in [5.74, 6) is 1.98. The molecule has 2 aliphatic carbocycles. The van der Waals surface area contributed by atoms with Crippen molar-refractivity contribution in [3.63, 3.8) is 0 Å². The molecule has 86 valence electrons. The molecule has 2 unspecified atom stereocenters. The smallest absolute Gasteiger partial charge is 0.0334 e. The third kappa shape index (κ3) is 1.72. The van der Waals surface area contributed by atoms with E-state index in [2.05, 4.69) is 24.1 Å². The largest absolute Gasteiger partial charge is 0.311 e. The Bertz CT molecular complexity index is 245. The first-order valence-corrected chi connectivity index (χ1v) is 6.72. The van der Waals surface area contributed by atoms with E-state index >= 15 is 0 Å². The van der Waals surface area contributed by atoms with E-state index in [-0.39, 0.29) is 0 Å². The molecule has 1 aliphatic heterocycles. The SMILES string of the molecule is CCN1CC(C2CC2)NCC1(C)C1CC1. The highest BCUT2D eigenvalue weighted by Crippen LogP contribution is 2.45. The average Bonchev–Trinajstić information content (AvgIpc) is 3.07. The Hall–Kier alpha value is -0.0800. The van der Waals surface area contributed by atoms with Crippen LogP contribution in [0.3, 0.4) is 0 Å². The molecule has 0 amide bonds. The molecular weight excluding hydrogens is 184 g/mol. The van der Waals surface area contributed by atoms with Gasteiger partial charge in [0.1, 0.15) is 0 Å². The van der Waals surface area contributed by atoms with Gasteiger partial charge in [-0.3, -0.25) is 4.90 Å². The highest BCUT2D eigenvalue weighted by Gasteiger charge is 2.49. The molecule has 2 nitrogen and oxygen atoms in total. The minimum Gasteiger partial charge on any atom is -0.311 e. The van der Waals surface area contributed by atoms with Crippen LogP contribution in [0.4, 0.5) is 0 Å². The maximum absolute atomic E-state index is 3.82. The van der Waals surface area contributed by atoms with Crippen molar-refractivity contribution in [3.8, 4) is 0 Å². The first-order chi connectivity index (χ1) is 7.24. The van der Waals surface area contributed by atoms with Gasteiger partial charge in [0.25, 0.3) is 0 Å². The van der Waals surface area contributed by atoms with Crippen LogP contribution < -0.4 is 5.32 Å². The first-order valence-electron chi connectivity index (χ1n) is 6.72. The quantitative estimate of drug-likeness (QED) is 0.761. The van der Waals surface area contributed by atoms with E-state index < -0.39 is 0 Å². The molecule has 0 aromatic heterocycles. The van der Waals surface area contributed by atoms with Gasteiger partial charge < -0.3 is 5.32 Å². The minimum absolute atomic E-state index is 0.472. The Balaban J connectivity index is 1.69. The molecule has 3 aliphatic rings. The molecule has 0 aromatic rings. The Morgan fingerprint density at radius 3 is 2.53 bits per heavy atom. The lowest BCUT2D eigenvalue weighted by Crippen LogP contribution is -2.64. The third-order valence-electron chi connectivity index (χ3n) is 4.89. The molecule has 1 N–H and O–H groups in total. The highest BCUT2D eigenvalue weighted by molar-refractivity contribution is 5.06. The van der Waals surface area contributed by atoms with Crippen molar-refractivity contribution in [2.45, 2.75) is 51.1 Å². The lowest BCUT2D eigenvalue weighted by atomic mass is 9.89. The van der Waals surface area contributed by atoms with Crippen LogP contribution in [0.1, 0.15) is 39.5 Å². The van der Waals surface area contributed by atoms with Crippen molar-refractivity contribution in [2.24, 2.45) is 11.8 Å². The van der Waals surface area contributed by atoms with Crippen LogP contribution in [-0.2, 0) is 0 Å². The van der Waals surface area contributed by atoms with E-state index in [0.29, 0.717) is 5.54 Å². The van der Waals surface area contributed by atoms with Gasteiger partial charge in [0.2, 0.25) is 0 Å². The second-order valence-corrected chi connectivity index (χ2v) is 5.99. The molecule has 3 fully saturated rings. The van der Waals surface area contributed by atoms with E-state index in [0.717, 1.165) is 17.9 Å². The number of hydrogen-bond donors (Lipinski definition) is 1. The van der Waals surface area contributed by atoms with Crippen LogP contribution in [0.5, 0.6) is 0 Å². The van der Waals surface area contributed by atoms with Gasteiger partial charge in [0, 0.05) is 24.7 Å². The van der Waals surface area contributed by atoms with Crippen LogP contribution >= 0.6 is 0 Å². The van der Waals surface area contributed by atoms with Crippen molar-refractivity contribution in [2.75, 3.05) is 19.6 Å². The molecule has 2 atom stereocenters. The van der Waals surface area contributed by atoms with E-state index in [9.17, 15) is 0 Å². The van der Waals surface area contributed by atoms with Crippen molar-refractivity contribution in [1.29, 1.82) is 0 Å². The first kappa shape index (κ1) is 10.1. The van der Waals surface area contributed by atoms with E-state index in [1.807, 2.05) is 0 Å². The summed E-state index contributed by atoms with van der Waals surface area (Å²) in [5.41, 5.74) is 0.472. The van der Waals surface area contributed by atoms with Crippen LogP contribution in [0, 0.1) is 11.8 Å². The van der Waals surface area contributed by atoms with Crippen molar-refractivity contribution in [3.05, 3.63) is 0 Å². The van der Waals surface area contributed by atoms with Crippen LogP contribution in [0.15, 0.2) is 0 Å². The van der Waals surface area contributed by atoms with Gasteiger partial charge >= 0.3 is 0 Å². The Kier molecular flexibility index (Phi) is 2.33. The van der Waals surface area contributed by atoms with E-state index in [4.69, 9.17) is 0 Å².